The van der Waals surface area contributed by atoms with Gasteiger partial charge in [-0.3, -0.25) is 29.3 Å². The zero-order valence-electron chi connectivity index (χ0n) is 52.0. The number of urea groups is 5. The largest absolute Gasteiger partial charge is 0.479 e. The number of carboxylic acids is 2. The summed E-state index contributed by atoms with van der Waals surface area (Å²) in [7, 11) is 2.08. The van der Waals surface area contributed by atoms with Crippen LogP contribution < -0.4 is 26.6 Å². The maximum Gasteiger partial charge on any atom is 0.349 e. The molecule has 5 unspecified atom stereocenters. The molecule has 98 heavy (non-hydrogen) atoms. The predicted octanol–water partition coefficient (Wildman–Crippen LogP) is -10.5. The minimum Gasteiger partial charge on any atom is -0.479 e. The Morgan fingerprint density at radius 2 is 0.582 bits per heavy atom. The molecule has 10 aliphatic rings. The summed E-state index contributed by atoms with van der Waals surface area (Å²) in [6, 6.07) is -4.09. The van der Waals surface area contributed by atoms with Gasteiger partial charge in [0.25, 0.3) is 23.0 Å². The molecule has 0 saturated carbocycles. The van der Waals surface area contributed by atoms with E-state index in [4.69, 9.17) is 59.4 Å². The number of methoxy groups -OCH3 is 2. The molecule has 0 bridgehead atoms. The van der Waals surface area contributed by atoms with Crippen molar-refractivity contribution < 1.29 is 180 Å². The first kappa shape index (κ1) is 80.7. The summed E-state index contributed by atoms with van der Waals surface area (Å²) < 4.78 is 108. The molecule has 0 aromatic rings. The van der Waals surface area contributed by atoms with E-state index in [2.05, 4.69) is 36.1 Å². The van der Waals surface area contributed by atoms with Crippen LogP contribution >= 0.6 is 0 Å². The number of carboxylic acid groups (broad SMARTS) is 2. The van der Waals surface area contributed by atoms with Crippen LogP contribution in [0.25, 0.3) is 0 Å². The Kier molecular flexibility index (Phi) is 26.8. The van der Waals surface area contributed by atoms with Crippen LogP contribution in [0.2, 0.25) is 0 Å². The number of ketones is 1. The zero-order valence-corrected chi connectivity index (χ0v) is 52.0. The van der Waals surface area contributed by atoms with Gasteiger partial charge >= 0.3 is 42.1 Å². The van der Waals surface area contributed by atoms with Crippen LogP contribution in [0.15, 0.2) is 0 Å². The van der Waals surface area contributed by atoms with Gasteiger partial charge in [-0.25, -0.2) is 55.5 Å². The topological polar surface area (TPSA) is 621 Å². The van der Waals surface area contributed by atoms with Gasteiger partial charge in [0.05, 0.1) is 33.0 Å². The molecule has 0 radical (unpaired) electrons. The summed E-state index contributed by atoms with van der Waals surface area (Å²) in [5.41, 5.74) is -9.33. The third kappa shape index (κ3) is 15.6. The minimum atomic E-state index is -3.26. The molecule has 10 aliphatic heterocycles. The molecule has 10 rings (SSSR count). The van der Waals surface area contributed by atoms with Gasteiger partial charge in [-0.05, 0) is 6.92 Å². The quantitative estimate of drug-likeness (QED) is 0.0677. The number of nitrogens with one attached hydrogen (secondary N) is 5. The SMILES string of the molecule is CC(=O)[C@@]1(F)[C@H](O)[C@@H](CO)O[C@H]1N1CCC(O)NC1=O.CO[C@@]1(F)[C@H](O)[C@@H](CO)O[C@H]1N1CCC(O)NC1=O.CO[C@]1(F)[C@H](O)[C@@H](CO)O[C@H]1N1CCC(O)NC1=O.O=C1NC(O)CCN1[C@@H]1O[C@H](CO)[C@@H](O)[C@@]1(F)C(=O)O.O=C1NC(O)CCN1[C@@H]1O[C@H](CO)[C@@H](O)[C@]1(F)C(=O)O. The first-order valence-corrected chi connectivity index (χ1v) is 29.8. The molecule has 0 spiro atoms. The van der Waals surface area contributed by atoms with E-state index >= 15 is 0 Å². The predicted molar refractivity (Wildman–Crippen MR) is 297 cm³/mol. The fourth-order valence-corrected chi connectivity index (χ4v) is 11.6. The molecular formula is C51H81F5N10O32. The third-order valence-electron chi connectivity index (χ3n) is 17.2. The van der Waals surface area contributed by atoms with Crippen molar-refractivity contribution in [3.05, 3.63) is 0 Å². The Morgan fingerprint density at radius 1 is 0.388 bits per heavy atom. The van der Waals surface area contributed by atoms with Crippen LogP contribution in [0.4, 0.5) is 45.9 Å². The zero-order chi connectivity index (χ0) is 73.6. The first-order valence-electron chi connectivity index (χ1n) is 29.8. The van der Waals surface area contributed by atoms with Crippen molar-refractivity contribution in [1.29, 1.82) is 0 Å². The number of Topliss-reactive ketones (excluding diaryl/α,β-unsaturated/α-hetero) is 1. The number of carbonyl (C=O) groups is 8. The van der Waals surface area contributed by atoms with Gasteiger partial charge in [0, 0.05) is 79.0 Å². The van der Waals surface area contributed by atoms with E-state index in [9.17, 15) is 111 Å². The van der Waals surface area contributed by atoms with Crippen LogP contribution in [0.5, 0.6) is 0 Å². The lowest BCUT2D eigenvalue weighted by atomic mass is 9.91. The molecule has 47 heteroatoms. The number of nitrogens with zero attached hydrogens (tertiary/aromatic N) is 5. The molecule has 10 heterocycles. The van der Waals surface area contributed by atoms with Gasteiger partial charge < -0.3 is 147 Å². The Morgan fingerprint density at radius 3 is 0.776 bits per heavy atom. The summed E-state index contributed by atoms with van der Waals surface area (Å²) in [4.78, 5) is 96.6. The smallest absolute Gasteiger partial charge is 0.349 e. The molecule has 42 nitrogen and oxygen atoms in total. The van der Waals surface area contributed by atoms with E-state index in [1.165, 1.54) is 0 Å². The van der Waals surface area contributed by atoms with E-state index in [1.807, 2.05) is 0 Å². The minimum absolute atomic E-state index is 0.0393. The second-order valence-corrected chi connectivity index (χ2v) is 23.3. The molecule has 22 N–H and O–H groups in total. The number of carbonyl (C=O) groups excluding carboxylic acids is 6. The number of rotatable bonds is 15. The lowest BCUT2D eigenvalue weighted by Gasteiger charge is -2.38. The molecule has 0 aromatic carbocycles. The molecule has 25 atom stereocenters. The van der Waals surface area contributed by atoms with Crippen LogP contribution in [-0.4, -0.2) is 391 Å². The normalized spacial score (nSPS) is 42.3. The average molecular weight is 1440 g/mol. The number of ether oxygens (including phenoxy) is 7. The van der Waals surface area contributed by atoms with Gasteiger partial charge in [0.2, 0.25) is 5.67 Å². The second-order valence-electron chi connectivity index (χ2n) is 23.3. The fourth-order valence-electron chi connectivity index (χ4n) is 11.6. The van der Waals surface area contributed by atoms with E-state index in [-0.39, 0.29) is 64.8 Å². The van der Waals surface area contributed by atoms with Gasteiger partial charge in [-0.2, -0.15) is 0 Å². The molecule has 10 amide bonds. The highest BCUT2D eigenvalue weighted by molar-refractivity contribution is 5.88. The number of amides is 10. The highest BCUT2D eigenvalue weighted by Gasteiger charge is 2.69. The Hall–Kier alpha value is -6.27. The van der Waals surface area contributed by atoms with Crippen molar-refractivity contribution in [1.82, 2.24) is 51.1 Å². The maximum atomic E-state index is 14.9. The lowest BCUT2D eigenvalue weighted by molar-refractivity contribution is -0.224. The number of hydrogen-bond donors (Lipinski definition) is 22. The maximum absolute atomic E-state index is 14.9. The van der Waals surface area contributed by atoms with Gasteiger partial charge in [0.15, 0.2) is 36.9 Å². The molecule has 10 saturated heterocycles. The van der Waals surface area contributed by atoms with Crippen LogP contribution in [-0.2, 0) is 47.5 Å². The van der Waals surface area contributed by atoms with Gasteiger partial charge in [-0.1, -0.05) is 0 Å². The summed E-state index contributed by atoms with van der Waals surface area (Å²) in [6.45, 7) is -2.82. The Balaban J connectivity index is 0.000000193. The molecule has 10 fully saturated rings. The van der Waals surface area contributed by atoms with Crippen LogP contribution in [0, 0.1) is 0 Å². The average Bonchev–Trinajstić information content (AvgIpc) is 1.64. The number of halogens is 5. The van der Waals surface area contributed by atoms with Crippen molar-refractivity contribution in [2.45, 2.75) is 191 Å². The second kappa shape index (κ2) is 32.6. The number of aliphatic hydroxyl groups is 15. The number of alkyl halides is 5. The van der Waals surface area contributed by atoms with Crippen LogP contribution in [0.1, 0.15) is 39.0 Å². The Bertz CT molecular complexity index is 2570. The number of hydrogen-bond acceptors (Lipinski definition) is 30. The monoisotopic (exact) mass is 1440 g/mol. The number of aliphatic carboxylic acids is 2. The lowest BCUT2D eigenvalue weighted by Crippen LogP contribution is -2.63. The molecular weight excluding hydrogens is 1360 g/mol. The van der Waals surface area contributed by atoms with Crippen LogP contribution in [0.3, 0.4) is 0 Å². The third-order valence-corrected chi connectivity index (χ3v) is 17.2. The van der Waals surface area contributed by atoms with Crippen molar-refractivity contribution in [2.75, 3.05) is 80.0 Å². The van der Waals surface area contributed by atoms with Gasteiger partial charge in [0.1, 0.15) is 92.2 Å². The van der Waals surface area contributed by atoms with Crippen molar-refractivity contribution in [2.24, 2.45) is 0 Å². The standard InChI is InChI=1S/C11H17FN2O6.2C10H15FN2O7.2C10H17FN2O6/c1-5(16)11(12)8(18)6(4-15)20-9(11)14-3-2-7(17)13-10(14)19;2*11-10(8(17)18)6(16)4(3-14)20-7(10)13-2-1-5(15)12-9(13)19;2*1-18-10(11)7(16)5(4-14)19-8(10)13-3-2-6(15)12-9(13)17/h6-9,15,17-18H,2-4H2,1H3,(H,13,19);2*4-7,14-16H,1-3H2,(H,12,19)(H,17,18);2*5-8,14-16H,2-4H2,1H3,(H,12,17)/t6-,7?,8-,9-,11-;4-,5?,6-,7-,10+;4-,5?,6-,7-,10-;5-,6?,7-,8-,10+;5-,6?,7-,8-,10-/m11111/s1. The van der Waals surface area contributed by atoms with E-state index in [0.717, 1.165) is 45.6 Å². The highest BCUT2D eigenvalue weighted by atomic mass is 19.2. The summed E-state index contributed by atoms with van der Waals surface area (Å²) in [5.74, 6) is -10.3. The fraction of sp³-hybridized carbons (Fsp3) is 0.843. The van der Waals surface area contributed by atoms with E-state index < -0.39 is 233 Å². The van der Waals surface area contributed by atoms with Crippen molar-refractivity contribution in [3.8, 4) is 0 Å². The number of aliphatic hydroxyl groups excluding tert-OH is 15. The Labute approximate surface area is 549 Å². The summed E-state index contributed by atoms with van der Waals surface area (Å²) in [5, 5.41) is 169. The van der Waals surface area contributed by atoms with Gasteiger partial charge in [-0.15, -0.1) is 0 Å². The molecule has 0 aromatic heterocycles. The summed E-state index contributed by atoms with van der Waals surface area (Å²) >= 11 is 0. The van der Waals surface area contributed by atoms with E-state index in [1.54, 1.807) is 0 Å². The first-order chi connectivity index (χ1) is 45.8. The van der Waals surface area contributed by atoms with E-state index in [0.29, 0.717) is 0 Å². The van der Waals surface area contributed by atoms with Crippen molar-refractivity contribution >= 4 is 47.9 Å². The summed E-state index contributed by atoms with van der Waals surface area (Å²) in [6.07, 6.45) is -29.2. The van der Waals surface area contributed by atoms with Crippen molar-refractivity contribution in [3.63, 3.8) is 0 Å². The molecule has 0 aliphatic carbocycles. The highest BCUT2D eigenvalue weighted by Crippen LogP contribution is 2.43. The molecule has 562 valence electrons.